The summed E-state index contributed by atoms with van der Waals surface area (Å²) in [6.45, 7) is 2.44. The number of carbonyl (C=O) groups is 2. The first-order valence-corrected chi connectivity index (χ1v) is 9.99. The topological polar surface area (TPSA) is 75.2 Å². The van der Waals surface area contributed by atoms with Crippen molar-refractivity contribution in [2.24, 2.45) is 0 Å². The summed E-state index contributed by atoms with van der Waals surface area (Å²) in [4.78, 5) is 36.4. The number of Topliss-reactive ketones (excluding diaryl/α,β-unsaturated/α-hetero) is 1. The Balaban J connectivity index is 1.52. The van der Waals surface area contributed by atoms with Gasteiger partial charge in [0.15, 0.2) is 5.78 Å². The van der Waals surface area contributed by atoms with Crippen LogP contribution in [0.2, 0.25) is 5.02 Å². The van der Waals surface area contributed by atoms with Crippen LogP contribution in [0.3, 0.4) is 0 Å². The highest BCUT2D eigenvalue weighted by atomic mass is 35.5. The highest BCUT2D eigenvalue weighted by molar-refractivity contribution is 6.30. The molecule has 0 saturated carbocycles. The fraction of sp³-hybridized carbons (Fsp3) is 0.273. The van der Waals surface area contributed by atoms with Crippen LogP contribution in [0.1, 0.15) is 30.1 Å². The van der Waals surface area contributed by atoms with Gasteiger partial charge in [-0.25, -0.2) is 9.97 Å². The molecule has 148 valence electrons. The minimum absolute atomic E-state index is 0.146. The summed E-state index contributed by atoms with van der Waals surface area (Å²) >= 11 is 5.89. The summed E-state index contributed by atoms with van der Waals surface area (Å²) in [6, 6.07) is 13.4. The minimum Gasteiger partial charge on any atom is -0.344 e. The van der Waals surface area contributed by atoms with Crippen molar-refractivity contribution in [3.05, 3.63) is 65.4 Å². The number of ketones is 1. The number of benzene rings is 2. The van der Waals surface area contributed by atoms with E-state index >= 15 is 0 Å². The third kappa shape index (κ3) is 3.93. The Bertz CT molecular complexity index is 1050. The van der Waals surface area contributed by atoms with Gasteiger partial charge in [-0.2, -0.15) is 0 Å². The monoisotopic (exact) mass is 408 g/mol. The average Bonchev–Trinajstić information content (AvgIpc) is 3.23. The Hall–Kier alpha value is -2.99. The van der Waals surface area contributed by atoms with Crippen molar-refractivity contribution in [2.75, 3.05) is 11.4 Å². The third-order valence-corrected chi connectivity index (χ3v) is 5.48. The highest BCUT2D eigenvalue weighted by Gasteiger charge is 2.34. The largest absolute Gasteiger partial charge is 0.344 e. The van der Waals surface area contributed by atoms with Gasteiger partial charge < -0.3 is 10.2 Å². The molecule has 0 radical (unpaired) electrons. The van der Waals surface area contributed by atoms with Gasteiger partial charge in [-0.3, -0.25) is 9.59 Å². The zero-order valence-electron chi connectivity index (χ0n) is 16.0. The number of anilines is 1. The molecule has 3 aromatic rings. The number of halogens is 1. The van der Waals surface area contributed by atoms with Gasteiger partial charge in [-0.05, 0) is 56.2 Å². The maximum absolute atomic E-state index is 13.0. The minimum atomic E-state index is -0.631. The van der Waals surface area contributed by atoms with Gasteiger partial charge in [0.2, 0.25) is 5.91 Å². The van der Waals surface area contributed by atoms with Gasteiger partial charge in [0.25, 0.3) is 0 Å². The van der Waals surface area contributed by atoms with Crippen LogP contribution < -0.4 is 10.2 Å². The van der Waals surface area contributed by atoms with Gasteiger partial charge in [-0.1, -0.05) is 23.7 Å². The van der Waals surface area contributed by atoms with E-state index in [1.54, 1.807) is 31.2 Å². The summed E-state index contributed by atoms with van der Waals surface area (Å²) in [7, 11) is 0. The standard InChI is InChI=1S/C22H21ClN4O2/c1-14(20(28)15-8-10-16(23)11-9-15)26-22(29)19-7-4-12-27(19)21-17-5-2-3-6-18(17)24-13-25-21/h2-3,5-6,8-11,13-14,19H,4,7,12H2,1H3,(H,26,29). The number of amides is 1. The molecule has 6 nitrogen and oxygen atoms in total. The molecule has 2 aromatic carbocycles. The van der Waals surface area contributed by atoms with Gasteiger partial charge in [0.05, 0.1) is 11.6 Å². The number of nitrogens with zero attached hydrogens (tertiary/aromatic N) is 3. The number of fused-ring (bicyclic) bond motifs is 1. The van der Waals surface area contributed by atoms with Gasteiger partial charge in [-0.15, -0.1) is 0 Å². The Morgan fingerprint density at radius 2 is 1.90 bits per heavy atom. The first kappa shape index (κ1) is 19.3. The second-order valence-corrected chi connectivity index (χ2v) is 7.60. The van der Waals surface area contributed by atoms with E-state index in [0.717, 1.165) is 29.7 Å². The van der Waals surface area contributed by atoms with Crippen molar-refractivity contribution in [1.29, 1.82) is 0 Å². The lowest BCUT2D eigenvalue weighted by molar-refractivity contribution is -0.122. The first-order chi connectivity index (χ1) is 14.0. The third-order valence-electron chi connectivity index (χ3n) is 5.23. The van der Waals surface area contributed by atoms with E-state index in [1.807, 2.05) is 29.2 Å². The maximum atomic E-state index is 13.0. The van der Waals surface area contributed by atoms with Crippen LogP contribution in [0.5, 0.6) is 0 Å². The number of para-hydroxylation sites is 1. The molecule has 1 aliphatic rings. The zero-order chi connectivity index (χ0) is 20.4. The first-order valence-electron chi connectivity index (χ1n) is 9.61. The molecule has 4 rings (SSSR count). The maximum Gasteiger partial charge on any atom is 0.243 e. The number of hydrogen-bond donors (Lipinski definition) is 1. The van der Waals surface area contributed by atoms with Crippen molar-refractivity contribution in [2.45, 2.75) is 31.8 Å². The van der Waals surface area contributed by atoms with Crippen molar-refractivity contribution in [1.82, 2.24) is 15.3 Å². The molecule has 1 aliphatic heterocycles. The lowest BCUT2D eigenvalue weighted by Gasteiger charge is -2.27. The summed E-state index contributed by atoms with van der Waals surface area (Å²) in [5, 5.41) is 4.36. The van der Waals surface area contributed by atoms with Gasteiger partial charge in [0, 0.05) is 22.5 Å². The van der Waals surface area contributed by atoms with Crippen LogP contribution in [0.25, 0.3) is 10.9 Å². The highest BCUT2D eigenvalue weighted by Crippen LogP contribution is 2.29. The molecule has 2 atom stereocenters. The molecule has 1 aromatic heterocycles. The molecule has 0 bridgehead atoms. The van der Waals surface area contributed by atoms with E-state index in [9.17, 15) is 9.59 Å². The molecule has 1 saturated heterocycles. The molecule has 0 aliphatic carbocycles. The van der Waals surface area contributed by atoms with E-state index in [1.165, 1.54) is 6.33 Å². The number of rotatable bonds is 5. The summed E-state index contributed by atoms with van der Waals surface area (Å²) in [6.07, 6.45) is 3.12. The molecule has 1 amide bonds. The summed E-state index contributed by atoms with van der Waals surface area (Å²) in [5.74, 6) is 0.442. The molecular weight excluding hydrogens is 388 g/mol. The Kier molecular flexibility index (Phi) is 5.45. The molecule has 0 spiro atoms. The van der Waals surface area contributed by atoms with E-state index in [2.05, 4.69) is 15.3 Å². The smallest absolute Gasteiger partial charge is 0.243 e. The predicted molar refractivity (Wildman–Crippen MR) is 113 cm³/mol. The fourth-order valence-electron chi connectivity index (χ4n) is 3.75. The van der Waals surface area contributed by atoms with Crippen LogP contribution in [0.4, 0.5) is 5.82 Å². The lowest BCUT2D eigenvalue weighted by atomic mass is 10.0. The zero-order valence-corrected chi connectivity index (χ0v) is 16.8. The Labute approximate surface area is 173 Å². The van der Waals surface area contributed by atoms with Gasteiger partial charge >= 0.3 is 0 Å². The number of carbonyl (C=O) groups excluding carboxylic acids is 2. The second kappa shape index (κ2) is 8.17. The SMILES string of the molecule is CC(NC(=O)C1CCCN1c1ncnc2ccccc12)C(=O)c1ccc(Cl)cc1. The van der Waals surface area contributed by atoms with E-state index in [-0.39, 0.29) is 17.7 Å². The summed E-state index contributed by atoms with van der Waals surface area (Å²) < 4.78 is 0. The molecule has 29 heavy (non-hydrogen) atoms. The summed E-state index contributed by atoms with van der Waals surface area (Å²) in [5.41, 5.74) is 1.36. The average molecular weight is 409 g/mol. The molecule has 1 N–H and O–H groups in total. The van der Waals surface area contributed by atoms with E-state index in [4.69, 9.17) is 11.6 Å². The van der Waals surface area contributed by atoms with E-state index in [0.29, 0.717) is 17.0 Å². The van der Waals surface area contributed by atoms with Crippen molar-refractivity contribution in [3.63, 3.8) is 0 Å². The quantitative estimate of drug-likeness (QED) is 0.652. The van der Waals surface area contributed by atoms with Crippen molar-refractivity contribution >= 4 is 40.0 Å². The molecule has 1 fully saturated rings. The molecule has 7 heteroatoms. The van der Waals surface area contributed by atoms with Crippen molar-refractivity contribution in [3.8, 4) is 0 Å². The van der Waals surface area contributed by atoms with Crippen LogP contribution in [-0.4, -0.2) is 40.3 Å². The Morgan fingerprint density at radius 1 is 1.14 bits per heavy atom. The van der Waals surface area contributed by atoms with Crippen LogP contribution in [-0.2, 0) is 4.79 Å². The number of aromatic nitrogens is 2. The fourth-order valence-corrected chi connectivity index (χ4v) is 3.88. The predicted octanol–water partition coefficient (Wildman–Crippen LogP) is 3.64. The molecular formula is C22H21ClN4O2. The van der Waals surface area contributed by atoms with Crippen LogP contribution in [0, 0.1) is 0 Å². The van der Waals surface area contributed by atoms with Crippen LogP contribution in [0.15, 0.2) is 54.9 Å². The Morgan fingerprint density at radius 3 is 2.69 bits per heavy atom. The van der Waals surface area contributed by atoms with Crippen molar-refractivity contribution < 1.29 is 9.59 Å². The van der Waals surface area contributed by atoms with E-state index < -0.39 is 6.04 Å². The number of hydrogen-bond acceptors (Lipinski definition) is 5. The molecule has 2 unspecified atom stereocenters. The normalized spacial score (nSPS) is 17.3. The number of nitrogens with one attached hydrogen (secondary N) is 1. The lowest BCUT2D eigenvalue weighted by Crippen LogP contribution is -2.48. The second-order valence-electron chi connectivity index (χ2n) is 7.17. The molecule has 2 heterocycles. The van der Waals surface area contributed by atoms with Crippen LogP contribution >= 0.6 is 11.6 Å². The van der Waals surface area contributed by atoms with Gasteiger partial charge in [0.1, 0.15) is 18.2 Å².